The predicted molar refractivity (Wildman–Crippen MR) is 89.6 cm³/mol. The van der Waals surface area contributed by atoms with Crippen LogP contribution in [0.4, 0.5) is 0 Å². The van der Waals surface area contributed by atoms with E-state index in [0.29, 0.717) is 30.3 Å². The molecule has 1 heterocycles. The number of aliphatic hydroxyl groups is 1. The lowest BCUT2D eigenvalue weighted by Crippen LogP contribution is -2.50. The number of hydrogen-bond donors (Lipinski definition) is 1. The molecule has 1 atom stereocenters. The van der Waals surface area contributed by atoms with Crippen LogP contribution >= 0.6 is 0 Å². The highest BCUT2D eigenvalue weighted by Gasteiger charge is 2.24. The van der Waals surface area contributed by atoms with E-state index in [9.17, 15) is 9.90 Å². The van der Waals surface area contributed by atoms with Gasteiger partial charge in [0.25, 0.3) is 5.91 Å². The van der Waals surface area contributed by atoms with Crippen LogP contribution in [0.5, 0.6) is 17.2 Å². The topological polar surface area (TPSA) is 71.5 Å². The Morgan fingerprint density at radius 1 is 1.08 bits per heavy atom. The van der Waals surface area contributed by atoms with Crippen molar-refractivity contribution >= 4 is 5.91 Å². The van der Waals surface area contributed by atoms with Crippen LogP contribution in [-0.2, 0) is 11.3 Å². The van der Waals surface area contributed by atoms with Crippen molar-refractivity contribution in [2.75, 3.05) is 47.5 Å². The zero-order valence-electron chi connectivity index (χ0n) is 14.7. The van der Waals surface area contributed by atoms with Crippen LogP contribution in [0.25, 0.3) is 0 Å². The Hall–Kier alpha value is -1.99. The number of carbonyl (C=O) groups is 1. The molecule has 1 fully saturated rings. The van der Waals surface area contributed by atoms with E-state index in [1.54, 1.807) is 26.2 Å². The fourth-order valence-corrected chi connectivity index (χ4v) is 2.88. The van der Waals surface area contributed by atoms with Gasteiger partial charge in [-0.1, -0.05) is 0 Å². The normalized spacial score (nSPS) is 16.6. The number of hydrogen-bond acceptors (Lipinski definition) is 6. The third-order valence-electron chi connectivity index (χ3n) is 4.17. The van der Waals surface area contributed by atoms with Crippen molar-refractivity contribution in [1.82, 2.24) is 9.80 Å². The first kappa shape index (κ1) is 18.4. The Bertz CT molecular complexity index is 543. The number of benzene rings is 1. The molecule has 1 saturated heterocycles. The first-order valence-corrected chi connectivity index (χ1v) is 7.98. The van der Waals surface area contributed by atoms with Crippen molar-refractivity contribution in [3.05, 3.63) is 17.7 Å². The average molecular weight is 338 g/mol. The summed E-state index contributed by atoms with van der Waals surface area (Å²) in [5, 5.41) is 9.39. The molecule has 7 heteroatoms. The summed E-state index contributed by atoms with van der Waals surface area (Å²) in [6.45, 7) is 4.99. The summed E-state index contributed by atoms with van der Waals surface area (Å²) in [5.41, 5.74) is 1.06. The Balaban J connectivity index is 2.03. The molecule has 1 N–H and O–H groups in total. The SMILES string of the molecule is COc1cc(CN2CCN(C(=O)[C@H](C)O)CC2)cc(OC)c1OC. The van der Waals surface area contributed by atoms with Gasteiger partial charge < -0.3 is 24.2 Å². The number of ether oxygens (including phenoxy) is 3. The molecule has 1 amide bonds. The number of aliphatic hydroxyl groups excluding tert-OH is 1. The minimum Gasteiger partial charge on any atom is -0.493 e. The first-order valence-electron chi connectivity index (χ1n) is 7.98. The van der Waals surface area contributed by atoms with Gasteiger partial charge in [-0.25, -0.2) is 0 Å². The van der Waals surface area contributed by atoms with E-state index in [4.69, 9.17) is 14.2 Å². The first-order chi connectivity index (χ1) is 11.5. The molecule has 0 aromatic heterocycles. The van der Waals surface area contributed by atoms with E-state index in [1.807, 2.05) is 12.1 Å². The zero-order valence-corrected chi connectivity index (χ0v) is 14.7. The highest BCUT2D eigenvalue weighted by molar-refractivity contribution is 5.80. The fourth-order valence-electron chi connectivity index (χ4n) is 2.88. The number of rotatable bonds is 6. The molecule has 1 aromatic carbocycles. The molecule has 1 aliphatic rings. The van der Waals surface area contributed by atoms with Gasteiger partial charge in [-0.15, -0.1) is 0 Å². The van der Waals surface area contributed by atoms with Crippen molar-refractivity contribution in [1.29, 1.82) is 0 Å². The average Bonchev–Trinajstić information content (AvgIpc) is 2.60. The van der Waals surface area contributed by atoms with Crippen LogP contribution in [0.15, 0.2) is 12.1 Å². The molecule has 1 aromatic rings. The lowest BCUT2D eigenvalue weighted by molar-refractivity contribution is -0.141. The highest BCUT2D eigenvalue weighted by atomic mass is 16.5. The van der Waals surface area contributed by atoms with Crippen molar-refractivity contribution in [2.45, 2.75) is 19.6 Å². The lowest BCUT2D eigenvalue weighted by atomic mass is 10.1. The number of methoxy groups -OCH3 is 3. The largest absolute Gasteiger partial charge is 0.493 e. The van der Waals surface area contributed by atoms with Crippen LogP contribution < -0.4 is 14.2 Å². The Morgan fingerprint density at radius 2 is 1.62 bits per heavy atom. The molecule has 24 heavy (non-hydrogen) atoms. The summed E-state index contributed by atoms with van der Waals surface area (Å²) in [4.78, 5) is 15.8. The van der Waals surface area contributed by atoms with Crippen molar-refractivity contribution < 1.29 is 24.1 Å². The van der Waals surface area contributed by atoms with Gasteiger partial charge in [-0.2, -0.15) is 0 Å². The summed E-state index contributed by atoms with van der Waals surface area (Å²) in [6.07, 6.45) is -0.938. The maximum atomic E-state index is 11.8. The quantitative estimate of drug-likeness (QED) is 0.825. The molecule has 134 valence electrons. The Labute approximate surface area is 142 Å². The molecule has 0 spiro atoms. The molecule has 0 aliphatic carbocycles. The van der Waals surface area contributed by atoms with Crippen LogP contribution in [0, 0.1) is 0 Å². The molecule has 0 saturated carbocycles. The van der Waals surface area contributed by atoms with Gasteiger partial charge in [-0.05, 0) is 24.6 Å². The van der Waals surface area contributed by atoms with Crippen molar-refractivity contribution in [3.8, 4) is 17.2 Å². The Kier molecular flexibility index (Phi) is 6.28. The molecule has 7 nitrogen and oxygen atoms in total. The second-order valence-corrected chi connectivity index (χ2v) is 5.81. The molecular formula is C17H26N2O5. The maximum absolute atomic E-state index is 11.8. The number of amides is 1. The summed E-state index contributed by atoms with van der Waals surface area (Å²) in [5.74, 6) is 1.64. The third-order valence-corrected chi connectivity index (χ3v) is 4.17. The fraction of sp³-hybridized carbons (Fsp3) is 0.588. The summed E-state index contributed by atoms with van der Waals surface area (Å²) in [7, 11) is 4.78. The summed E-state index contributed by atoms with van der Waals surface area (Å²) in [6, 6.07) is 3.88. The third kappa shape index (κ3) is 4.10. The minimum absolute atomic E-state index is 0.206. The standard InChI is InChI=1S/C17H26N2O5/c1-12(20)17(21)19-7-5-18(6-8-19)11-13-9-14(22-2)16(24-4)15(10-13)23-3/h9-10,12,20H,5-8,11H2,1-4H3/t12-/m0/s1. The van der Waals surface area contributed by atoms with Gasteiger partial charge in [0.05, 0.1) is 21.3 Å². The molecule has 0 unspecified atom stereocenters. The molecule has 1 aliphatic heterocycles. The second kappa shape index (κ2) is 8.21. The van der Waals surface area contributed by atoms with Crippen molar-refractivity contribution in [3.63, 3.8) is 0 Å². The Morgan fingerprint density at radius 3 is 2.04 bits per heavy atom. The van der Waals surface area contributed by atoms with Crippen LogP contribution in [-0.4, -0.2) is 74.4 Å². The lowest BCUT2D eigenvalue weighted by Gasteiger charge is -2.35. The van der Waals surface area contributed by atoms with E-state index in [-0.39, 0.29) is 5.91 Å². The predicted octanol–water partition coefficient (Wildman–Crippen LogP) is 0.737. The van der Waals surface area contributed by atoms with Crippen LogP contribution in [0.1, 0.15) is 12.5 Å². The van der Waals surface area contributed by atoms with Gasteiger partial charge in [0, 0.05) is 32.7 Å². The van der Waals surface area contributed by atoms with Gasteiger partial charge in [-0.3, -0.25) is 9.69 Å². The number of piperazine rings is 1. The molecular weight excluding hydrogens is 312 g/mol. The molecule has 0 radical (unpaired) electrons. The van der Waals surface area contributed by atoms with Gasteiger partial charge in [0.1, 0.15) is 6.10 Å². The number of nitrogens with zero attached hydrogens (tertiary/aromatic N) is 2. The highest BCUT2D eigenvalue weighted by Crippen LogP contribution is 2.38. The second-order valence-electron chi connectivity index (χ2n) is 5.81. The van der Waals surface area contributed by atoms with E-state index >= 15 is 0 Å². The summed E-state index contributed by atoms with van der Waals surface area (Å²) < 4.78 is 16.1. The van der Waals surface area contributed by atoms with Gasteiger partial charge in [0.15, 0.2) is 11.5 Å². The minimum atomic E-state index is -0.938. The maximum Gasteiger partial charge on any atom is 0.251 e. The molecule has 2 rings (SSSR count). The van der Waals surface area contributed by atoms with E-state index in [1.165, 1.54) is 6.92 Å². The van der Waals surface area contributed by atoms with E-state index < -0.39 is 6.10 Å². The smallest absolute Gasteiger partial charge is 0.251 e. The number of carbonyl (C=O) groups excluding carboxylic acids is 1. The monoisotopic (exact) mass is 338 g/mol. The van der Waals surface area contributed by atoms with Crippen LogP contribution in [0.3, 0.4) is 0 Å². The summed E-state index contributed by atoms with van der Waals surface area (Å²) >= 11 is 0. The van der Waals surface area contributed by atoms with Crippen molar-refractivity contribution in [2.24, 2.45) is 0 Å². The van der Waals surface area contributed by atoms with Crippen LogP contribution in [0.2, 0.25) is 0 Å². The van der Waals surface area contributed by atoms with Gasteiger partial charge in [0.2, 0.25) is 5.75 Å². The van der Waals surface area contributed by atoms with E-state index in [2.05, 4.69) is 4.90 Å². The van der Waals surface area contributed by atoms with Gasteiger partial charge >= 0.3 is 0 Å². The molecule has 0 bridgehead atoms. The zero-order chi connectivity index (χ0) is 17.7. The van der Waals surface area contributed by atoms with E-state index in [0.717, 1.165) is 25.2 Å².